The molecule has 0 saturated heterocycles. The lowest BCUT2D eigenvalue weighted by molar-refractivity contribution is 0.0602. The van der Waals surface area contributed by atoms with Crippen molar-refractivity contribution in [2.45, 2.75) is 6.54 Å². The number of nitriles is 1. The van der Waals surface area contributed by atoms with Gasteiger partial charge in [-0.1, -0.05) is 17.7 Å². The van der Waals surface area contributed by atoms with Gasteiger partial charge in [0.15, 0.2) is 0 Å². The first-order valence-corrected chi connectivity index (χ1v) is 8.48. The number of ether oxygens (including phenoxy) is 1. The zero-order chi connectivity index (χ0) is 19.0. The third kappa shape index (κ3) is 3.09. The number of nitrogens with zero attached hydrogens (tertiary/aromatic N) is 4. The van der Waals surface area contributed by atoms with Gasteiger partial charge in [0.05, 0.1) is 28.8 Å². The molecule has 0 bridgehead atoms. The molecule has 0 atom stereocenters. The molecule has 0 aliphatic rings. The van der Waals surface area contributed by atoms with Crippen molar-refractivity contribution in [2.24, 2.45) is 0 Å². The van der Waals surface area contributed by atoms with Gasteiger partial charge in [0, 0.05) is 35.9 Å². The van der Waals surface area contributed by atoms with Crippen molar-refractivity contribution in [1.29, 1.82) is 5.26 Å². The van der Waals surface area contributed by atoms with E-state index in [0.717, 1.165) is 16.5 Å². The zero-order valence-corrected chi connectivity index (χ0v) is 15.1. The van der Waals surface area contributed by atoms with Crippen molar-refractivity contribution in [3.05, 3.63) is 70.6 Å². The number of rotatable bonds is 3. The summed E-state index contributed by atoms with van der Waals surface area (Å²) in [6.45, 7) is 0.495. The number of esters is 1. The Bertz CT molecular complexity index is 1240. The molecule has 1 aromatic carbocycles. The summed E-state index contributed by atoms with van der Waals surface area (Å²) in [6.07, 6.45) is 4.80. The normalized spacial score (nSPS) is 10.9. The molecule has 0 aliphatic heterocycles. The average Bonchev–Trinajstić information content (AvgIpc) is 3.04. The maximum absolute atomic E-state index is 12.1. The molecular formula is C20H13ClN4O2. The number of hydrogen-bond acceptors (Lipinski definition) is 5. The van der Waals surface area contributed by atoms with Crippen LogP contribution in [0.3, 0.4) is 0 Å². The Kier molecular flexibility index (Phi) is 4.22. The van der Waals surface area contributed by atoms with E-state index in [0.29, 0.717) is 33.7 Å². The van der Waals surface area contributed by atoms with Gasteiger partial charge in [-0.3, -0.25) is 4.98 Å². The Morgan fingerprint density at radius 2 is 2.11 bits per heavy atom. The van der Waals surface area contributed by atoms with Gasteiger partial charge in [-0.25, -0.2) is 9.78 Å². The van der Waals surface area contributed by atoms with Gasteiger partial charge < -0.3 is 9.30 Å². The third-order valence-electron chi connectivity index (χ3n) is 4.31. The van der Waals surface area contributed by atoms with Crippen LogP contribution in [-0.4, -0.2) is 27.6 Å². The predicted octanol–water partition coefficient (Wildman–Crippen LogP) is 3.94. The van der Waals surface area contributed by atoms with Gasteiger partial charge in [0.1, 0.15) is 11.7 Å². The predicted molar refractivity (Wildman–Crippen MR) is 102 cm³/mol. The lowest BCUT2D eigenvalue weighted by Gasteiger charge is -2.06. The molecule has 3 aromatic heterocycles. The van der Waals surface area contributed by atoms with Crippen LogP contribution in [0.1, 0.15) is 21.5 Å². The van der Waals surface area contributed by atoms with Gasteiger partial charge >= 0.3 is 5.97 Å². The molecule has 4 aromatic rings. The van der Waals surface area contributed by atoms with Crippen LogP contribution in [0.2, 0.25) is 5.02 Å². The van der Waals surface area contributed by atoms with Crippen LogP contribution in [0, 0.1) is 11.3 Å². The number of aromatic nitrogens is 3. The van der Waals surface area contributed by atoms with E-state index in [2.05, 4.69) is 9.97 Å². The number of pyridine rings is 2. The first-order valence-electron chi connectivity index (χ1n) is 8.10. The smallest absolute Gasteiger partial charge is 0.340 e. The van der Waals surface area contributed by atoms with E-state index >= 15 is 0 Å². The van der Waals surface area contributed by atoms with E-state index in [-0.39, 0.29) is 0 Å². The molecule has 4 rings (SSSR count). The van der Waals surface area contributed by atoms with Gasteiger partial charge in [0.25, 0.3) is 0 Å². The minimum atomic E-state index is -0.467. The van der Waals surface area contributed by atoms with Crippen LogP contribution in [0.25, 0.3) is 21.9 Å². The van der Waals surface area contributed by atoms with Crippen molar-refractivity contribution >= 4 is 39.5 Å². The van der Waals surface area contributed by atoms with Crippen molar-refractivity contribution < 1.29 is 9.53 Å². The highest BCUT2D eigenvalue weighted by Crippen LogP contribution is 2.24. The molecule has 0 fully saturated rings. The Balaban J connectivity index is 1.82. The fourth-order valence-corrected chi connectivity index (χ4v) is 3.24. The number of carbonyl (C=O) groups excluding carboxylic acids is 1. The highest BCUT2D eigenvalue weighted by Gasteiger charge is 2.17. The van der Waals surface area contributed by atoms with E-state index in [9.17, 15) is 4.79 Å². The fraction of sp³-hybridized carbons (Fsp3) is 0.100. The molecule has 3 heterocycles. The zero-order valence-electron chi connectivity index (χ0n) is 14.3. The SMILES string of the molecule is COC(=O)c1cn(Cc2ccc3ncc(Cl)cc3c2)c2ncc(C#N)cc12. The quantitative estimate of drug-likeness (QED) is 0.506. The molecule has 0 spiro atoms. The van der Waals surface area contributed by atoms with E-state index in [4.69, 9.17) is 21.6 Å². The molecule has 0 unspecified atom stereocenters. The maximum Gasteiger partial charge on any atom is 0.340 e. The number of benzene rings is 1. The first-order chi connectivity index (χ1) is 13.1. The third-order valence-corrected chi connectivity index (χ3v) is 4.52. The van der Waals surface area contributed by atoms with Gasteiger partial charge in [-0.15, -0.1) is 0 Å². The second kappa shape index (κ2) is 6.71. The Labute approximate surface area is 159 Å². The topological polar surface area (TPSA) is 80.8 Å². The lowest BCUT2D eigenvalue weighted by Crippen LogP contribution is -2.01. The van der Waals surface area contributed by atoms with Gasteiger partial charge in [0.2, 0.25) is 0 Å². The molecule has 0 N–H and O–H groups in total. The molecule has 0 aliphatic carbocycles. The molecular weight excluding hydrogens is 364 g/mol. The first kappa shape index (κ1) is 17.0. The minimum absolute atomic E-state index is 0.377. The van der Waals surface area contributed by atoms with Crippen LogP contribution in [0.5, 0.6) is 0 Å². The monoisotopic (exact) mass is 376 g/mol. The van der Waals surface area contributed by atoms with Crippen LogP contribution >= 0.6 is 11.6 Å². The van der Waals surface area contributed by atoms with Crippen LogP contribution in [-0.2, 0) is 11.3 Å². The summed E-state index contributed by atoms with van der Waals surface area (Å²) < 4.78 is 6.73. The summed E-state index contributed by atoms with van der Waals surface area (Å²) in [4.78, 5) is 20.8. The van der Waals surface area contributed by atoms with Gasteiger partial charge in [-0.05, 0) is 29.8 Å². The largest absolute Gasteiger partial charge is 0.465 e. The summed E-state index contributed by atoms with van der Waals surface area (Å²) in [5.41, 5.74) is 3.23. The van der Waals surface area contributed by atoms with E-state index in [1.165, 1.54) is 13.3 Å². The number of halogens is 1. The summed E-state index contributed by atoms with van der Waals surface area (Å²) in [5, 5.41) is 11.2. The second-order valence-corrected chi connectivity index (χ2v) is 6.49. The number of carbonyl (C=O) groups is 1. The number of fused-ring (bicyclic) bond motifs is 2. The summed E-state index contributed by atoms with van der Waals surface area (Å²) in [6, 6.07) is 11.4. The summed E-state index contributed by atoms with van der Waals surface area (Å²) >= 11 is 6.04. The second-order valence-electron chi connectivity index (χ2n) is 6.05. The molecule has 27 heavy (non-hydrogen) atoms. The number of hydrogen-bond donors (Lipinski definition) is 0. The maximum atomic E-state index is 12.1. The minimum Gasteiger partial charge on any atom is -0.465 e. The van der Waals surface area contributed by atoms with Crippen molar-refractivity contribution in [2.75, 3.05) is 7.11 Å². The Hall–Kier alpha value is -3.43. The summed E-state index contributed by atoms with van der Waals surface area (Å²) in [7, 11) is 1.33. The number of methoxy groups -OCH3 is 1. The van der Waals surface area contributed by atoms with E-state index in [1.807, 2.05) is 34.9 Å². The highest BCUT2D eigenvalue weighted by atomic mass is 35.5. The summed E-state index contributed by atoms with van der Waals surface area (Å²) in [5.74, 6) is -0.467. The van der Waals surface area contributed by atoms with Crippen molar-refractivity contribution in [3.63, 3.8) is 0 Å². The van der Waals surface area contributed by atoms with E-state index < -0.39 is 5.97 Å². The standard InChI is InChI=1S/C20H13ClN4O2/c1-27-20(26)17-11-25(19-16(17)5-13(7-22)8-24-19)10-12-2-3-18-14(4-12)6-15(21)9-23-18/h2-6,8-9,11H,10H2,1H3. The molecule has 132 valence electrons. The van der Waals surface area contributed by atoms with Crippen molar-refractivity contribution in [3.8, 4) is 6.07 Å². The average molecular weight is 377 g/mol. The molecule has 6 nitrogen and oxygen atoms in total. The Morgan fingerprint density at radius 1 is 1.26 bits per heavy atom. The Morgan fingerprint density at radius 3 is 2.89 bits per heavy atom. The van der Waals surface area contributed by atoms with Crippen LogP contribution in [0.15, 0.2) is 48.9 Å². The van der Waals surface area contributed by atoms with E-state index in [1.54, 1.807) is 18.5 Å². The van der Waals surface area contributed by atoms with Crippen LogP contribution < -0.4 is 0 Å². The molecule has 7 heteroatoms. The van der Waals surface area contributed by atoms with Crippen LogP contribution in [0.4, 0.5) is 0 Å². The lowest BCUT2D eigenvalue weighted by atomic mass is 10.1. The van der Waals surface area contributed by atoms with Crippen molar-refractivity contribution in [1.82, 2.24) is 14.5 Å². The molecule has 0 amide bonds. The fourth-order valence-electron chi connectivity index (χ4n) is 3.07. The van der Waals surface area contributed by atoms with Gasteiger partial charge in [-0.2, -0.15) is 5.26 Å². The highest BCUT2D eigenvalue weighted by molar-refractivity contribution is 6.31. The molecule has 0 radical (unpaired) electrons. The molecule has 0 saturated carbocycles.